The number of allylic oxidation sites excluding steroid dienone is 7. The lowest BCUT2D eigenvalue weighted by Crippen LogP contribution is -2.45. The molecular formula is C66H127N2O6P. The molecule has 1 amide bonds. The van der Waals surface area contributed by atoms with Crippen molar-refractivity contribution in [3.8, 4) is 0 Å². The van der Waals surface area contributed by atoms with E-state index in [-0.39, 0.29) is 19.1 Å². The molecule has 9 heteroatoms. The van der Waals surface area contributed by atoms with Crippen LogP contribution in [0.3, 0.4) is 0 Å². The quantitative estimate of drug-likeness (QED) is 0.0272. The minimum absolute atomic E-state index is 0.00143. The predicted octanol–water partition coefficient (Wildman–Crippen LogP) is 19.6. The number of hydrogen-bond acceptors (Lipinski definition) is 6. The fraction of sp³-hybridized carbons (Fsp3) is 0.864. The molecular weight excluding hydrogens is 948 g/mol. The third-order valence-corrected chi connectivity index (χ3v) is 15.7. The summed E-state index contributed by atoms with van der Waals surface area (Å²) in [5.41, 5.74) is 0. The van der Waals surface area contributed by atoms with Crippen LogP contribution in [-0.2, 0) is 18.4 Å². The van der Waals surface area contributed by atoms with Gasteiger partial charge in [-0.25, -0.2) is 0 Å². The summed E-state index contributed by atoms with van der Waals surface area (Å²) in [5.74, 6) is -0.196. The molecule has 0 aromatic carbocycles. The summed E-state index contributed by atoms with van der Waals surface area (Å²) in [6, 6.07) is -0.890. The Morgan fingerprint density at radius 2 is 0.773 bits per heavy atom. The van der Waals surface area contributed by atoms with E-state index in [0.717, 1.165) is 51.4 Å². The molecule has 0 aliphatic rings. The van der Waals surface area contributed by atoms with Gasteiger partial charge in [0.1, 0.15) is 13.2 Å². The van der Waals surface area contributed by atoms with Crippen LogP contribution in [0, 0.1) is 0 Å². The number of aliphatic hydroxyl groups is 1. The number of aliphatic hydroxyl groups excluding tert-OH is 1. The monoisotopic (exact) mass is 1070 g/mol. The fourth-order valence-corrected chi connectivity index (χ4v) is 10.4. The molecule has 0 heterocycles. The number of hydrogen-bond donors (Lipinski definition) is 2. The van der Waals surface area contributed by atoms with Gasteiger partial charge in [0.15, 0.2) is 0 Å². The molecule has 0 aromatic rings. The van der Waals surface area contributed by atoms with E-state index in [9.17, 15) is 19.4 Å². The summed E-state index contributed by atoms with van der Waals surface area (Å²) in [4.78, 5) is 25.6. The lowest BCUT2D eigenvalue weighted by atomic mass is 10.0. The van der Waals surface area contributed by atoms with Crippen molar-refractivity contribution in [3.05, 3.63) is 48.6 Å². The van der Waals surface area contributed by atoms with Crippen LogP contribution in [0.5, 0.6) is 0 Å². The second-order valence-corrected chi connectivity index (χ2v) is 24.9. The number of quaternary nitrogens is 1. The minimum atomic E-state index is -4.60. The van der Waals surface area contributed by atoms with Crippen LogP contribution in [0.4, 0.5) is 0 Å². The van der Waals surface area contributed by atoms with Crippen LogP contribution in [0.15, 0.2) is 48.6 Å². The molecule has 3 unspecified atom stereocenters. The molecule has 0 spiro atoms. The van der Waals surface area contributed by atoms with Gasteiger partial charge in [0.25, 0.3) is 7.82 Å². The van der Waals surface area contributed by atoms with Crippen LogP contribution >= 0.6 is 7.82 Å². The van der Waals surface area contributed by atoms with Gasteiger partial charge in [-0.2, -0.15) is 0 Å². The molecule has 8 nitrogen and oxygen atoms in total. The van der Waals surface area contributed by atoms with Crippen LogP contribution in [0.25, 0.3) is 0 Å². The number of carbonyl (C=O) groups excluding carboxylic acids is 1. The molecule has 75 heavy (non-hydrogen) atoms. The number of nitrogens with zero attached hydrogens (tertiary/aromatic N) is 1. The zero-order valence-electron chi connectivity index (χ0n) is 50.5. The average molecular weight is 1080 g/mol. The first-order valence-corrected chi connectivity index (χ1v) is 34.0. The highest BCUT2D eigenvalue weighted by molar-refractivity contribution is 7.45. The van der Waals surface area contributed by atoms with Crippen molar-refractivity contribution in [2.45, 2.75) is 328 Å². The number of phosphoric acid groups is 1. The van der Waals surface area contributed by atoms with E-state index in [1.807, 2.05) is 27.2 Å². The third-order valence-electron chi connectivity index (χ3n) is 14.8. The maximum Gasteiger partial charge on any atom is 0.268 e. The van der Waals surface area contributed by atoms with E-state index in [1.165, 1.54) is 244 Å². The van der Waals surface area contributed by atoms with Crippen molar-refractivity contribution in [2.75, 3.05) is 40.9 Å². The normalized spacial score (nSPS) is 14.1. The zero-order chi connectivity index (χ0) is 54.9. The van der Waals surface area contributed by atoms with Crippen LogP contribution in [-0.4, -0.2) is 68.5 Å². The smallest absolute Gasteiger partial charge is 0.268 e. The Balaban J connectivity index is 4.14. The largest absolute Gasteiger partial charge is 0.756 e. The Bertz CT molecular complexity index is 1360. The maximum absolute atomic E-state index is 13.0. The van der Waals surface area contributed by atoms with Gasteiger partial charge in [0.2, 0.25) is 5.91 Å². The molecule has 0 bridgehead atoms. The Morgan fingerprint density at radius 3 is 1.12 bits per heavy atom. The second-order valence-electron chi connectivity index (χ2n) is 23.5. The molecule has 0 fully saturated rings. The first kappa shape index (κ1) is 73.5. The average Bonchev–Trinajstić information content (AvgIpc) is 3.37. The molecule has 3 atom stereocenters. The van der Waals surface area contributed by atoms with Crippen LogP contribution < -0.4 is 10.2 Å². The standard InChI is InChI=1S/C66H127N2O6P/c1-6-8-10-12-14-16-18-20-22-24-26-28-30-32-34-36-38-40-42-44-46-48-50-52-54-56-58-60-66(70)67-64(63-74-75(71,72)73-62-61-68(3,4)5)65(69)59-57-55-53-51-49-47-45-43-41-39-37-35-33-31-29-27-25-23-21-19-17-15-13-11-9-7-2/h18,20,24,26,30,32,57,59,64-65,69H,6-17,19,21-23,25,27-29,31,33-56,58,60-63H2,1-5H3,(H-,67,70,71,72)/b20-18-,26-24-,32-30-,59-57+. The second kappa shape index (κ2) is 57.2. The number of carbonyl (C=O) groups is 1. The first-order chi connectivity index (χ1) is 36.5. The highest BCUT2D eigenvalue weighted by Crippen LogP contribution is 2.38. The molecule has 442 valence electrons. The highest BCUT2D eigenvalue weighted by Gasteiger charge is 2.23. The Labute approximate surface area is 467 Å². The fourth-order valence-electron chi connectivity index (χ4n) is 9.69. The summed E-state index contributed by atoms with van der Waals surface area (Å²) in [5, 5.41) is 13.9. The highest BCUT2D eigenvalue weighted by atomic mass is 31.2. The van der Waals surface area contributed by atoms with Crippen molar-refractivity contribution in [2.24, 2.45) is 0 Å². The molecule has 0 aromatic heterocycles. The number of amides is 1. The van der Waals surface area contributed by atoms with Gasteiger partial charge in [-0.1, -0.05) is 300 Å². The van der Waals surface area contributed by atoms with Crippen LogP contribution in [0.1, 0.15) is 316 Å². The van der Waals surface area contributed by atoms with Gasteiger partial charge in [-0.3, -0.25) is 9.36 Å². The van der Waals surface area contributed by atoms with Gasteiger partial charge in [0.05, 0.1) is 39.9 Å². The van der Waals surface area contributed by atoms with E-state index < -0.39 is 20.0 Å². The number of phosphoric ester groups is 1. The van der Waals surface area contributed by atoms with Gasteiger partial charge in [0, 0.05) is 6.42 Å². The van der Waals surface area contributed by atoms with Gasteiger partial charge in [-0.05, 0) is 57.8 Å². The number of likely N-dealkylation sites (N-methyl/N-ethyl adjacent to an activating group) is 1. The van der Waals surface area contributed by atoms with Gasteiger partial charge < -0.3 is 28.8 Å². The zero-order valence-corrected chi connectivity index (χ0v) is 51.4. The maximum atomic E-state index is 13.0. The lowest BCUT2D eigenvalue weighted by molar-refractivity contribution is -0.870. The van der Waals surface area contributed by atoms with Crippen molar-refractivity contribution in [1.29, 1.82) is 0 Å². The summed E-state index contributed by atoms with van der Waals surface area (Å²) in [6.45, 7) is 4.68. The van der Waals surface area contributed by atoms with E-state index in [1.54, 1.807) is 6.08 Å². The van der Waals surface area contributed by atoms with Crippen LogP contribution in [0.2, 0.25) is 0 Å². The van der Waals surface area contributed by atoms with Crippen molar-refractivity contribution < 1.29 is 32.9 Å². The lowest BCUT2D eigenvalue weighted by Gasteiger charge is -2.29. The summed E-state index contributed by atoms with van der Waals surface area (Å²) < 4.78 is 23.4. The molecule has 0 saturated heterocycles. The minimum Gasteiger partial charge on any atom is -0.756 e. The number of nitrogens with one attached hydrogen (secondary N) is 1. The Kier molecular flexibility index (Phi) is 56.0. The van der Waals surface area contributed by atoms with Crippen molar-refractivity contribution in [3.63, 3.8) is 0 Å². The summed E-state index contributed by atoms with van der Waals surface area (Å²) >= 11 is 0. The molecule has 2 N–H and O–H groups in total. The summed E-state index contributed by atoms with van der Waals surface area (Å²) in [7, 11) is 1.27. The Morgan fingerprint density at radius 1 is 0.467 bits per heavy atom. The van der Waals surface area contributed by atoms with E-state index >= 15 is 0 Å². The first-order valence-electron chi connectivity index (χ1n) is 32.5. The van der Waals surface area contributed by atoms with E-state index in [2.05, 4.69) is 55.6 Å². The third kappa shape index (κ3) is 60.0. The summed E-state index contributed by atoms with van der Waals surface area (Å²) in [6.07, 6.45) is 76.3. The van der Waals surface area contributed by atoms with Crippen molar-refractivity contribution >= 4 is 13.7 Å². The molecule has 0 saturated carbocycles. The van der Waals surface area contributed by atoms with Gasteiger partial charge >= 0.3 is 0 Å². The Hall–Kier alpha value is -1.54. The molecule has 0 radical (unpaired) electrons. The number of rotatable bonds is 60. The number of unbranched alkanes of at least 4 members (excludes halogenated alkanes) is 41. The molecule has 0 aliphatic heterocycles. The van der Waals surface area contributed by atoms with Crippen molar-refractivity contribution in [1.82, 2.24) is 5.32 Å². The predicted molar refractivity (Wildman–Crippen MR) is 325 cm³/mol. The SMILES string of the molecule is CCCCCCC/C=C\C/C=C\C/C=C\CCCCCCCCCCCCCCC(=O)NC(COP(=O)([O-])OCC[N+](C)(C)C)C(O)/C=C/CCCCCCCCCCCCCCCCCCCCCCCCCC. The van der Waals surface area contributed by atoms with Gasteiger partial charge in [-0.15, -0.1) is 0 Å². The topological polar surface area (TPSA) is 108 Å². The van der Waals surface area contributed by atoms with E-state index in [4.69, 9.17) is 9.05 Å². The molecule has 0 rings (SSSR count). The molecule has 0 aliphatic carbocycles. The van der Waals surface area contributed by atoms with E-state index in [0.29, 0.717) is 17.4 Å².